The van der Waals surface area contributed by atoms with E-state index in [1.54, 1.807) is 0 Å². The first-order valence-electron chi connectivity index (χ1n) is 10.9. The van der Waals surface area contributed by atoms with Crippen LogP contribution in [0.5, 0.6) is 0 Å². The number of hydrogen-bond acceptors (Lipinski definition) is 4. The Morgan fingerprint density at radius 3 is 2.53 bits per heavy atom. The monoisotopic (exact) mass is 437 g/mol. The van der Waals surface area contributed by atoms with Gasteiger partial charge in [-0.05, 0) is 57.4 Å². The summed E-state index contributed by atoms with van der Waals surface area (Å²) in [5, 5.41) is 20.8. The lowest BCUT2D eigenvalue weighted by Gasteiger charge is -2.33. The Hall–Kier alpha value is -3.26. The number of halogens is 1. The largest absolute Gasteiger partial charge is 0.391 e. The van der Waals surface area contributed by atoms with Crippen molar-refractivity contribution < 1.29 is 14.3 Å². The number of aliphatic hydroxyl groups is 1. The van der Waals surface area contributed by atoms with Gasteiger partial charge in [-0.2, -0.15) is 5.10 Å². The molecule has 3 atom stereocenters. The average Bonchev–Trinajstić information content (AvgIpc) is 3.23. The topological polar surface area (TPSA) is 92.1 Å². The van der Waals surface area contributed by atoms with Gasteiger partial charge in [0.2, 0.25) is 0 Å². The number of anilines is 1. The maximum atomic E-state index is 13.1. The number of amides is 2. The van der Waals surface area contributed by atoms with E-state index in [0.29, 0.717) is 24.4 Å². The Balaban J connectivity index is 1.49. The van der Waals surface area contributed by atoms with Crippen molar-refractivity contribution in [1.82, 2.24) is 20.1 Å². The third kappa shape index (κ3) is 4.96. The third-order valence-corrected chi connectivity index (χ3v) is 5.78. The molecule has 0 saturated heterocycles. The predicted molar refractivity (Wildman–Crippen MR) is 121 cm³/mol. The fourth-order valence-electron chi connectivity index (χ4n) is 4.12. The number of aromatic nitrogens is 3. The van der Waals surface area contributed by atoms with Crippen molar-refractivity contribution in [3.63, 3.8) is 0 Å². The van der Waals surface area contributed by atoms with Gasteiger partial charge in [-0.3, -0.25) is 0 Å². The minimum absolute atomic E-state index is 0.0573. The van der Waals surface area contributed by atoms with Crippen LogP contribution in [0.3, 0.4) is 0 Å². The van der Waals surface area contributed by atoms with Crippen LogP contribution >= 0.6 is 0 Å². The highest BCUT2D eigenvalue weighted by molar-refractivity contribution is 5.89. The van der Waals surface area contributed by atoms with Gasteiger partial charge in [-0.1, -0.05) is 30.3 Å². The maximum absolute atomic E-state index is 13.1. The van der Waals surface area contributed by atoms with Crippen molar-refractivity contribution in [2.24, 2.45) is 0 Å². The Bertz CT molecular complexity index is 1050. The van der Waals surface area contributed by atoms with Crippen LogP contribution in [-0.4, -0.2) is 38.0 Å². The predicted octanol–water partition coefficient (Wildman–Crippen LogP) is 4.48. The van der Waals surface area contributed by atoms with Crippen LogP contribution < -0.4 is 10.6 Å². The van der Waals surface area contributed by atoms with E-state index in [1.807, 2.05) is 35.0 Å². The van der Waals surface area contributed by atoms with E-state index in [-0.39, 0.29) is 17.8 Å². The zero-order valence-electron chi connectivity index (χ0n) is 18.2. The molecule has 168 valence electrons. The number of hydrogen-bond donors (Lipinski definition) is 3. The van der Waals surface area contributed by atoms with Gasteiger partial charge >= 0.3 is 6.03 Å². The summed E-state index contributed by atoms with van der Waals surface area (Å²) < 4.78 is 15.0. The molecule has 1 saturated carbocycles. The average molecular weight is 438 g/mol. The van der Waals surface area contributed by atoms with Crippen molar-refractivity contribution in [1.29, 1.82) is 0 Å². The van der Waals surface area contributed by atoms with Crippen LogP contribution in [-0.2, 0) is 0 Å². The second-order valence-corrected chi connectivity index (χ2v) is 8.49. The number of carbonyl (C=O) groups is 1. The quantitative estimate of drug-likeness (QED) is 0.549. The summed E-state index contributed by atoms with van der Waals surface area (Å²) in [4.78, 5) is 17.3. The van der Waals surface area contributed by atoms with Gasteiger partial charge in [0.05, 0.1) is 12.1 Å². The highest BCUT2D eigenvalue weighted by Gasteiger charge is 2.34. The third-order valence-electron chi connectivity index (χ3n) is 5.78. The zero-order valence-corrected chi connectivity index (χ0v) is 18.2. The van der Waals surface area contributed by atoms with Crippen LogP contribution in [0, 0.1) is 5.82 Å². The van der Waals surface area contributed by atoms with Crippen molar-refractivity contribution in [2.45, 2.75) is 57.2 Å². The van der Waals surface area contributed by atoms with Crippen molar-refractivity contribution in [3.8, 4) is 11.4 Å². The zero-order chi connectivity index (χ0) is 22.7. The van der Waals surface area contributed by atoms with E-state index < -0.39 is 18.2 Å². The Labute approximate surface area is 186 Å². The molecule has 1 fully saturated rings. The lowest BCUT2D eigenvalue weighted by atomic mass is 9.83. The van der Waals surface area contributed by atoms with Gasteiger partial charge in [0.1, 0.15) is 11.6 Å². The first-order chi connectivity index (χ1) is 15.4. The van der Waals surface area contributed by atoms with Crippen LogP contribution in [0.15, 0.2) is 54.6 Å². The lowest BCUT2D eigenvalue weighted by molar-refractivity contribution is 0.0859. The van der Waals surface area contributed by atoms with E-state index in [2.05, 4.69) is 24.5 Å². The number of nitrogens with zero attached hydrogens (tertiary/aromatic N) is 3. The normalized spacial score (nSPS) is 20.8. The molecule has 32 heavy (non-hydrogen) atoms. The fraction of sp³-hybridized carbons (Fsp3) is 0.375. The molecule has 0 unspecified atom stereocenters. The highest BCUT2D eigenvalue weighted by atomic mass is 19.1. The number of rotatable bonds is 5. The summed E-state index contributed by atoms with van der Waals surface area (Å²) in [6.07, 6.45) is 1.22. The van der Waals surface area contributed by atoms with E-state index >= 15 is 0 Å². The molecule has 1 heterocycles. The molecule has 0 aliphatic heterocycles. The Kier molecular flexibility index (Phi) is 6.50. The molecular weight excluding hydrogens is 409 g/mol. The minimum atomic E-state index is -0.644. The summed E-state index contributed by atoms with van der Waals surface area (Å²) >= 11 is 0. The molecule has 4 rings (SSSR count). The van der Waals surface area contributed by atoms with Gasteiger partial charge in [-0.25, -0.2) is 18.9 Å². The highest BCUT2D eigenvalue weighted by Crippen LogP contribution is 2.34. The number of benzene rings is 2. The number of aliphatic hydroxyl groups excluding tert-OH is 1. The summed E-state index contributed by atoms with van der Waals surface area (Å²) in [5.41, 5.74) is 1.44. The first kappa shape index (κ1) is 22.0. The van der Waals surface area contributed by atoms with E-state index in [9.17, 15) is 14.3 Å². The molecule has 0 spiro atoms. The van der Waals surface area contributed by atoms with Crippen LogP contribution in [0.25, 0.3) is 11.4 Å². The molecule has 2 aromatic carbocycles. The van der Waals surface area contributed by atoms with Gasteiger partial charge in [0.15, 0.2) is 5.82 Å². The summed E-state index contributed by atoms with van der Waals surface area (Å²) in [7, 11) is 0. The Morgan fingerprint density at radius 2 is 1.84 bits per heavy atom. The van der Waals surface area contributed by atoms with Crippen molar-refractivity contribution in [2.75, 3.05) is 5.32 Å². The molecule has 0 radical (unpaired) electrons. The molecule has 1 aliphatic rings. The molecule has 0 bridgehead atoms. The van der Waals surface area contributed by atoms with Gasteiger partial charge in [0, 0.05) is 23.2 Å². The Morgan fingerprint density at radius 1 is 1.12 bits per heavy atom. The second-order valence-electron chi connectivity index (χ2n) is 8.49. The number of carbonyl (C=O) groups excluding carboxylic acids is 1. The molecule has 1 aliphatic carbocycles. The smallest absolute Gasteiger partial charge is 0.319 e. The van der Waals surface area contributed by atoms with Crippen LogP contribution in [0.1, 0.15) is 50.9 Å². The van der Waals surface area contributed by atoms with Crippen LogP contribution in [0.4, 0.5) is 14.9 Å². The summed E-state index contributed by atoms with van der Waals surface area (Å²) in [5.74, 6) is 1.24. The SMILES string of the molecule is CC(C)n1nc(-c2ccccc2)nc1[C@H]1CC[C@@H](O)[C@H](NC(=O)Nc2ccc(F)cc2)C1. The maximum Gasteiger partial charge on any atom is 0.319 e. The number of urea groups is 1. The first-order valence-corrected chi connectivity index (χ1v) is 10.9. The minimum Gasteiger partial charge on any atom is -0.391 e. The van der Waals surface area contributed by atoms with E-state index in [1.165, 1.54) is 24.3 Å². The molecule has 2 amide bonds. The molecule has 3 N–H and O–H groups in total. The number of nitrogens with one attached hydrogen (secondary N) is 2. The lowest BCUT2D eigenvalue weighted by Crippen LogP contribution is -2.48. The second kappa shape index (κ2) is 9.48. The van der Waals surface area contributed by atoms with Crippen molar-refractivity contribution in [3.05, 3.63) is 66.2 Å². The standard InChI is InChI=1S/C24H28FN5O2/c1-15(2)30-23(28-22(29-30)16-6-4-3-5-7-16)17-8-13-21(31)20(14-17)27-24(32)26-19-11-9-18(25)10-12-19/h3-7,9-12,15,17,20-21,31H,8,13-14H2,1-2H3,(H2,26,27,32)/t17-,20+,21+/m0/s1. The molecule has 8 heteroatoms. The molecule has 7 nitrogen and oxygen atoms in total. The van der Waals surface area contributed by atoms with Gasteiger partial charge in [0.25, 0.3) is 0 Å². The fourth-order valence-corrected chi connectivity index (χ4v) is 4.12. The van der Waals surface area contributed by atoms with Gasteiger partial charge in [-0.15, -0.1) is 0 Å². The van der Waals surface area contributed by atoms with E-state index in [0.717, 1.165) is 17.8 Å². The molecule has 1 aromatic heterocycles. The van der Waals surface area contributed by atoms with Crippen molar-refractivity contribution >= 4 is 11.7 Å². The summed E-state index contributed by atoms with van der Waals surface area (Å²) in [6, 6.07) is 14.7. The summed E-state index contributed by atoms with van der Waals surface area (Å²) in [6.45, 7) is 4.13. The molecular formula is C24H28FN5O2. The van der Waals surface area contributed by atoms with Crippen LogP contribution in [0.2, 0.25) is 0 Å². The van der Waals surface area contributed by atoms with E-state index in [4.69, 9.17) is 10.1 Å². The molecule has 3 aromatic rings. The van der Waals surface area contributed by atoms with Gasteiger partial charge < -0.3 is 15.7 Å².